The molecule has 0 unspecified atom stereocenters. The molecule has 62 valence electrons. The van der Waals surface area contributed by atoms with E-state index in [0.717, 1.165) is 37.9 Å². The monoisotopic (exact) mass is 155 g/mol. The van der Waals surface area contributed by atoms with Gasteiger partial charge in [0.25, 0.3) is 0 Å². The lowest BCUT2D eigenvalue weighted by Gasteiger charge is -2.33. The van der Waals surface area contributed by atoms with E-state index in [-0.39, 0.29) is 0 Å². The largest absolute Gasteiger partial charge is 0.475 e. The molecule has 4 heteroatoms. The topological polar surface area (TPSA) is 36.5 Å². The van der Waals surface area contributed by atoms with E-state index in [0.29, 0.717) is 0 Å². The first kappa shape index (κ1) is 6.64. The average molecular weight is 155 g/mol. The number of nitrogens with zero attached hydrogens (tertiary/aromatic N) is 1. The van der Waals surface area contributed by atoms with E-state index in [4.69, 9.17) is 4.74 Å². The second kappa shape index (κ2) is 2.53. The molecule has 0 fully saturated rings. The van der Waals surface area contributed by atoms with Crippen LogP contribution in [0.25, 0.3) is 0 Å². The number of ether oxygens (including phenoxy) is 1. The molecule has 0 saturated carbocycles. The fraction of sp³-hybridized carbons (Fsp3) is 0.714. The highest BCUT2D eigenvalue weighted by molar-refractivity contribution is 5.09. The van der Waals surface area contributed by atoms with Crippen LogP contribution >= 0.6 is 0 Å². The predicted octanol–water partition coefficient (Wildman–Crippen LogP) is -0.732. The Morgan fingerprint density at radius 1 is 1.36 bits per heavy atom. The zero-order chi connectivity index (χ0) is 7.68. The zero-order valence-electron chi connectivity index (χ0n) is 6.68. The summed E-state index contributed by atoms with van der Waals surface area (Å²) in [6.07, 6.45) is 0. The van der Waals surface area contributed by atoms with Crippen molar-refractivity contribution in [1.82, 2.24) is 15.5 Å². The molecule has 11 heavy (non-hydrogen) atoms. The molecule has 0 aromatic carbocycles. The maximum atomic E-state index is 5.47. The van der Waals surface area contributed by atoms with Crippen LogP contribution in [0, 0.1) is 0 Å². The van der Waals surface area contributed by atoms with E-state index >= 15 is 0 Å². The van der Waals surface area contributed by atoms with Gasteiger partial charge in [-0.2, -0.15) is 0 Å². The van der Waals surface area contributed by atoms with Crippen LogP contribution < -0.4 is 10.6 Å². The van der Waals surface area contributed by atoms with Crippen molar-refractivity contribution >= 4 is 0 Å². The summed E-state index contributed by atoms with van der Waals surface area (Å²) in [4.78, 5) is 2.12. The number of hydrogen-bond acceptors (Lipinski definition) is 4. The Bertz CT molecular complexity index is 186. The van der Waals surface area contributed by atoms with E-state index in [2.05, 4.69) is 15.5 Å². The third-order valence-corrected chi connectivity index (χ3v) is 1.95. The van der Waals surface area contributed by atoms with Gasteiger partial charge in [-0.15, -0.1) is 0 Å². The van der Waals surface area contributed by atoms with E-state index < -0.39 is 0 Å². The van der Waals surface area contributed by atoms with Gasteiger partial charge in [0.2, 0.25) is 5.88 Å². The van der Waals surface area contributed by atoms with Crippen molar-refractivity contribution in [3.05, 3.63) is 11.7 Å². The van der Waals surface area contributed by atoms with Crippen molar-refractivity contribution in [3.8, 4) is 0 Å². The summed E-state index contributed by atoms with van der Waals surface area (Å²) in [7, 11) is 2.04. The Labute approximate surface area is 66.2 Å². The molecule has 2 aliphatic rings. The van der Waals surface area contributed by atoms with Crippen LogP contribution in [0.2, 0.25) is 0 Å². The minimum Gasteiger partial charge on any atom is -0.475 e. The fourth-order valence-electron chi connectivity index (χ4n) is 1.36. The molecule has 2 rings (SSSR count). The van der Waals surface area contributed by atoms with E-state index in [1.807, 2.05) is 7.05 Å². The standard InChI is InChI=1S/C7H13N3O/c1-10-4-2-8-6-7(10)11-5-3-9-6/h8-9H,2-5H2,1H3. The van der Waals surface area contributed by atoms with Gasteiger partial charge in [0.1, 0.15) is 6.61 Å². The lowest BCUT2D eigenvalue weighted by Crippen LogP contribution is -2.46. The summed E-state index contributed by atoms with van der Waals surface area (Å²) in [5, 5.41) is 6.51. The van der Waals surface area contributed by atoms with Gasteiger partial charge in [-0.05, 0) is 0 Å². The van der Waals surface area contributed by atoms with Crippen LogP contribution in [-0.4, -0.2) is 38.2 Å². The molecule has 2 heterocycles. The highest BCUT2D eigenvalue weighted by atomic mass is 16.5. The zero-order valence-corrected chi connectivity index (χ0v) is 6.68. The van der Waals surface area contributed by atoms with Gasteiger partial charge in [-0.25, -0.2) is 0 Å². The highest BCUT2D eigenvalue weighted by Crippen LogP contribution is 2.12. The normalized spacial score (nSPS) is 23.2. The predicted molar refractivity (Wildman–Crippen MR) is 41.6 cm³/mol. The number of rotatable bonds is 0. The molecule has 0 radical (unpaired) electrons. The van der Waals surface area contributed by atoms with Gasteiger partial charge in [0.05, 0.1) is 6.54 Å². The van der Waals surface area contributed by atoms with Gasteiger partial charge in [-0.1, -0.05) is 0 Å². The smallest absolute Gasteiger partial charge is 0.230 e. The molecule has 2 N–H and O–H groups in total. The number of likely N-dealkylation sites (N-methyl/N-ethyl adjacent to an activating group) is 1. The first-order chi connectivity index (χ1) is 5.38. The van der Waals surface area contributed by atoms with E-state index in [1.165, 1.54) is 0 Å². The maximum absolute atomic E-state index is 5.47. The van der Waals surface area contributed by atoms with Crippen molar-refractivity contribution in [2.75, 3.05) is 33.3 Å². The Balaban J connectivity index is 2.21. The van der Waals surface area contributed by atoms with E-state index in [1.54, 1.807) is 0 Å². The number of hydrogen-bond donors (Lipinski definition) is 2. The van der Waals surface area contributed by atoms with Gasteiger partial charge in [0, 0.05) is 20.1 Å². The summed E-state index contributed by atoms with van der Waals surface area (Å²) in [5.41, 5.74) is 0. The van der Waals surface area contributed by atoms with Crippen molar-refractivity contribution in [1.29, 1.82) is 0 Å². The minimum absolute atomic E-state index is 0.769. The van der Waals surface area contributed by atoms with Crippen LogP contribution in [0.1, 0.15) is 0 Å². The van der Waals surface area contributed by atoms with Gasteiger partial charge in [-0.3, -0.25) is 0 Å². The molecule has 0 spiro atoms. The molecule has 0 aliphatic carbocycles. The first-order valence-corrected chi connectivity index (χ1v) is 3.94. The molecule has 0 saturated heterocycles. The first-order valence-electron chi connectivity index (χ1n) is 3.94. The third kappa shape index (κ3) is 1.08. The SMILES string of the molecule is CN1CCNC2=C1OCCN2. The fourth-order valence-corrected chi connectivity index (χ4v) is 1.36. The Morgan fingerprint density at radius 3 is 3.00 bits per heavy atom. The van der Waals surface area contributed by atoms with Gasteiger partial charge in [0.15, 0.2) is 5.82 Å². The van der Waals surface area contributed by atoms with Crippen LogP contribution in [0.5, 0.6) is 0 Å². The highest BCUT2D eigenvalue weighted by Gasteiger charge is 2.20. The summed E-state index contributed by atoms with van der Waals surface area (Å²) in [6.45, 7) is 3.68. The molecule has 0 atom stereocenters. The molecular weight excluding hydrogens is 142 g/mol. The van der Waals surface area contributed by atoms with Crippen molar-refractivity contribution in [3.63, 3.8) is 0 Å². The maximum Gasteiger partial charge on any atom is 0.230 e. The second-order valence-electron chi connectivity index (χ2n) is 2.80. The molecule has 0 amide bonds. The Kier molecular flexibility index (Phi) is 1.52. The lowest BCUT2D eigenvalue weighted by molar-refractivity contribution is 0.0945. The number of nitrogens with one attached hydrogen (secondary N) is 2. The van der Waals surface area contributed by atoms with E-state index in [9.17, 15) is 0 Å². The second-order valence-corrected chi connectivity index (χ2v) is 2.80. The van der Waals surface area contributed by atoms with Crippen LogP contribution in [-0.2, 0) is 4.74 Å². The van der Waals surface area contributed by atoms with Crippen molar-refractivity contribution < 1.29 is 4.74 Å². The molecular formula is C7H13N3O. The minimum atomic E-state index is 0.769. The van der Waals surface area contributed by atoms with Gasteiger partial charge < -0.3 is 20.3 Å². The quantitative estimate of drug-likeness (QED) is 0.483. The Morgan fingerprint density at radius 2 is 2.18 bits per heavy atom. The molecule has 0 bridgehead atoms. The summed E-state index contributed by atoms with van der Waals surface area (Å²) < 4.78 is 5.47. The third-order valence-electron chi connectivity index (χ3n) is 1.95. The van der Waals surface area contributed by atoms with Crippen molar-refractivity contribution in [2.45, 2.75) is 0 Å². The van der Waals surface area contributed by atoms with Crippen LogP contribution in [0.3, 0.4) is 0 Å². The molecule has 2 aliphatic heterocycles. The lowest BCUT2D eigenvalue weighted by atomic mass is 10.4. The van der Waals surface area contributed by atoms with Crippen LogP contribution in [0.4, 0.5) is 0 Å². The Hall–Kier alpha value is -1.06. The molecule has 4 nitrogen and oxygen atoms in total. The summed E-state index contributed by atoms with van der Waals surface area (Å²) in [5.74, 6) is 2.01. The van der Waals surface area contributed by atoms with Crippen molar-refractivity contribution in [2.24, 2.45) is 0 Å². The van der Waals surface area contributed by atoms with Crippen LogP contribution in [0.15, 0.2) is 11.7 Å². The molecule has 0 aromatic heterocycles. The summed E-state index contributed by atoms with van der Waals surface area (Å²) in [6, 6.07) is 0. The van der Waals surface area contributed by atoms with Gasteiger partial charge >= 0.3 is 0 Å². The average Bonchev–Trinajstić information content (AvgIpc) is 2.06. The summed E-state index contributed by atoms with van der Waals surface area (Å²) >= 11 is 0. The molecule has 0 aromatic rings.